The first-order valence-electron chi connectivity index (χ1n) is 8.19. The largest absolute Gasteiger partial charge is 0.490 e. The molecule has 1 saturated heterocycles. The molecular formula is C18H23NO3. The Labute approximate surface area is 131 Å². The average Bonchev–Trinajstić information content (AvgIpc) is 2.94. The zero-order chi connectivity index (χ0) is 15.2. The lowest BCUT2D eigenvalue weighted by molar-refractivity contribution is 0.104. The molecule has 0 spiro atoms. The number of hydrogen-bond donors (Lipinski definition) is 0. The Kier molecular flexibility index (Phi) is 4.99. The molecule has 118 valence electrons. The first-order chi connectivity index (χ1) is 10.8. The summed E-state index contributed by atoms with van der Waals surface area (Å²) < 4.78 is 11.2. The number of carbonyl (C=O) groups excluding carboxylic acids is 1. The van der Waals surface area contributed by atoms with Crippen molar-refractivity contribution in [1.29, 1.82) is 0 Å². The van der Waals surface area contributed by atoms with Crippen molar-refractivity contribution >= 4 is 5.78 Å². The molecule has 0 bridgehead atoms. The van der Waals surface area contributed by atoms with Crippen LogP contribution in [0.1, 0.15) is 42.5 Å². The van der Waals surface area contributed by atoms with Gasteiger partial charge in [-0.15, -0.1) is 0 Å². The molecule has 0 aromatic heterocycles. The summed E-state index contributed by atoms with van der Waals surface area (Å²) in [5, 5.41) is 0. The molecule has 0 saturated carbocycles. The first-order valence-corrected chi connectivity index (χ1v) is 8.19. The first kappa shape index (κ1) is 14.9. The van der Waals surface area contributed by atoms with E-state index in [0.717, 1.165) is 25.3 Å². The molecule has 3 rings (SSSR count). The summed E-state index contributed by atoms with van der Waals surface area (Å²) in [6.45, 7) is 3.39. The fourth-order valence-electron chi connectivity index (χ4n) is 2.83. The Morgan fingerprint density at radius 3 is 2.45 bits per heavy atom. The Morgan fingerprint density at radius 2 is 1.68 bits per heavy atom. The highest BCUT2D eigenvalue weighted by Gasteiger charge is 2.13. The fourth-order valence-corrected chi connectivity index (χ4v) is 2.83. The number of nitrogens with zero attached hydrogens (tertiary/aromatic N) is 1. The molecule has 0 atom stereocenters. The van der Waals surface area contributed by atoms with E-state index >= 15 is 0 Å². The molecule has 22 heavy (non-hydrogen) atoms. The SMILES string of the molecule is O=C(C=CN1CCCCCC1)c1ccc2c(c1)OCCCO2. The van der Waals surface area contributed by atoms with Crippen molar-refractivity contribution in [3.63, 3.8) is 0 Å². The number of ether oxygens (including phenoxy) is 2. The van der Waals surface area contributed by atoms with E-state index in [9.17, 15) is 4.79 Å². The second-order valence-corrected chi connectivity index (χ2v) is 5.84. The van der Waals surface area contributed by atoms with Crippen LogP contribution in [-0.2, 0) is 0 Å². The van der Waals surface area contributed by atoms with E-state index < -0.39 is 0 Å². The van der Waals surface area contributed by atoms with E-state index in [-0.39, 0.29) is 5.78 Å². The molecular weight excluding hydrogens is 278 g/mol. The third-order valence-electron chi connectivity index (χ3n) is 4.11. The van der Waals surface area contributed by atoms with Crippen LogP contribution >= 0.6 is 0 Å². The lowest BCUT2D eigenvalue weighted by Crippen LogP contribution is -2.18. The molecule has 0 aliphatic carbocycles. The highest BCUT2D eigenvalue weighted by molar-refractivity contribution is 6.04. The predicted molar refractivity (Wildman–Crippen MR) is 85.6 cm³/mol. The summed E-state index contributed by atoms with van der Waals surface area (Å²) in [6.07, 6.45) is 9.49. The molecule has 1 aromatic carbocycles. The number of allylic oxidation sites excluding steroid dienone is 1. The van der Waals surface area contributed by atoms with E-state index in [0.29, 0.717) is 24.5 Å². The molecule has 2 heterocycles. The van der Waals surface area contributed by atoms with Gasteiger partial charge in [-0.25, -0.2) is 0 Å². The van der Waals surface area contributed by atoms with Crippen LogP contribution in [0, 0.1) is 0 Å². The summed E-state index contributed by atoms with van der Waals surface area (Å²) in [5.41, 5.74) is 0.648. The maximum Gasteiger partial charge on any atom is 0.187 e. The van der Waals surface area contributed by atoms with Gasteiger partial charge >= 0.3 is 0 Å². The number of rotatable bonds is 3. The van der Waals surface area contributed by atoms with Crippen molar-refractivity contribution in [3.05, 3.63) is 36.0 Å². The van der Waals surface area contributed by atoms with E-state index in [4.69, 9.17) is 9.47 Å². The summed E-state index contributed by atoms with van der Waals surface area (Å²) in [6, 6.07) is 5.42. The maximum absolute atomic E-state index is 12.3. The third-order valence-corrected chi connectivity index (χ3v) is 4.11. The van der Waals surface area contributed by atoms with E-state index in [2.05, 4.69) is 4.90 Å². The summed E-state index contributed by atoms with van der Waals surface area (Å²) in [7, 11) is 0. The average molecular weight is 301 g/mol. The van der Waals surface area contributed by atoms with Gasteiger partial charge in [-0.05, 0) is 31.0 Å². The minimum Gasteiger partial charge on any atom is -0.490 e. The maximum atomic E-state index is 12.3. The van der Waals surface area contributed by atoms with Crippen molar-refractivity contribution in [1.82, 2.24) is 4.90 Å². The number of benzene rings is 1. The van der Waals surface area contributed by atoms with Gasteiger partial charge in [-0.2, -0.15) is 0 Å². The lowest BCUT2D eigenvalue weighted by atomic mass is 10.1. The van der Waals surface area contributed by atoms with E-state index in [1.54, 1.807) is 12.1 Å². The van der Waals surface area contributed by atoms with Crippen LogP contribution in [0.2, 0.25) is 0 Å². The van der Waals surface area contributed by atoms with E-state index in [1.165, 1.54) is 25.7 Å². The second-order valence-electron chi connectivity index (χ2n) is 5.84. The van der Waals surface area contributed by atoms with Gasteiger partial charge in [-0.3, -0.25) is 4.79 Å². The Hall–Kier alpha value is -1.97. The Balaban J connectivity index is 1.67. The molecule has 0 amide bonds. The van der Waals surface area contributed by atoms with Crippen LogP contribution in [0.15, 0.2) is 30.5 Å². The van der Waals surface area contributed by atoms with Crippen LogP contribution in [0.5, 0.6) is 11.5 Å². The smallest absolute Gasteiger partial charge is 0.187 e. The molecule has 4 nitrogen and oxygen atoms in total. The van der Waals surface area contributed by atoms with Crippen LogP contribution in [-0.4, -0.2) is 37.0 Å². The number of hydrogen-bond acceptors (Lipinski definition) is 4. The molecule has 0 N–H and O–H groups in total. The Bertz CT molecular complexity index is 545. The normalized spacial score (nSPS) is 18.8. The van der Waals surface area contributed by atoms with Gasteiger partial charge in [0.05, 0.1) is 13.2 Å². The minimum atomic E-state index is 0.0138. The van der Waals surface area contributed by atoms with Gasteiger partial charge in [-0.1, -0.05) is 12.8 Å². The highest BCUT2D eigenvalue weighted by atomic mass is 16.5. The molecule has 1 fully saturated rings. The molecule has 2 aliphatic rings. The predicted octanol–water partition coefficient (Wildman–Crippen LogP) is 3.42. The second kappa shape index (κ2) is 7.34. The monoisotopic (exact) mass is 301 g/mol. The standard InChI is InChI=1S/C18H23NO3/c20-16(8-11-19-9-3-1-2-4-10-19)15-6-7-17-18(14-15)22-13-5-12-21-17/h6-8,11,14H,1-5,9-10,12-13H2. The van der Waals surface area contributed by atoms with Crippen molar-refractivity contribution < 1.29 is 14.3 Å². The zero-order valence-electron chi connectivity index (χ0n) is 12.9. The van der Waals surface area contributed by atoms with Crippen molar-refractivity contribution in [3.8, 4) is 11.5 Å². The van der Waals surface area contributed by atoms with Gasteiger partial charge in [0, 0.05) is 37.3 Å². The molecule has 0 unspecified atom stereocenters. The fraction of sp³-hybridized carbons (Fsp3) is 0.500. The van der Waals surface area contributed by atoms with Crippen LogP contribution in [0.4, 0.5) is 0 Å². The molecule has 2 aliphatic heterocycles. The van der Waals surface area contributed by atoms with Crippen LogP contribution in [0.3, 0.4) is 0 Å². The third kappa shape index (κ3) is 3.81. The van der Waals surface area contributed by atoms with Gasteiger partial charge in [0.2, 0.25) is 0 Å². The molecule has 4 heteroatoms. The minimum absolute atomic E-state index is 0.0138. The van der Waals surface area contributed by atoms with Crippen LogP contribution in [0.25, 0.3) is 0 Å². The summed E-state index contributed by atoms with van der Waals surface area (Å²) >= 11 is 0. The summed E-state index contributed by atoms with van der Waals surface area (Å²) in [4.78, 5) is 14.6. The molecule has 0 radical (unpaired) electrons. The number of carbonyl (C=O) groups is 1. The Morgan fingerprint density at radius 1 is 0.955 bits per heavy atom. The van der Waals surface area contributed by atoms with Crippen molar-refractivity contribution in [2.75, 3.05) is 26.3 Å². The lowest BCUT2D eigenvalue weighted by Gasteiger charge is -2.16. The topological polar surface area (TPSA) is 38.8 Å². The van der Waals surface area contributed by atoms with E-state index in [1.807, 2.05) is 18.3 Å². The number of fused-ring (bicyclic) bond motifs is 1. The highest BCUT2D eigenvalue weighted by Crippen LogP contribution is 2.30. The van der Waals surface area contributed by atoms with Gasteiger partial charge in [0.15, 0.2) is 17.3 Å². The summed E-state index contributed by atoms with van der Waals surface area (Å²) in [5.74, 6) is 1.41. The zero-order valence-corrected chi connectivity index (χ0v) is 12.9. The van der Waals surface area contributed by atoms with Gasteiger partial charge < -0.3 is 14.4 Å². The number of ketones is 1. The van der Waals surface area contributed by atoms with Crippen LogP contribution < -0.4 is 9.47 Å². The van der Waals surface area contributed by atoms with Gasteiger partial charge in [0.25, 0.3) is 0 Å². The van der Waals surface area contributed by atoms with Crippen molar-refractivity contribution in [2.24, 2.45) is 0 Å². The number of likely N-dealkylation sites (tertiary alicyclic amines) is 1. The van der Waals surface area contributed by atoms with Crippen molar-refractivity contribution in [2.45, 2.75) is 32.1 Å². The molecule has 1 aromatic rings. The quantitative estimate of drug-likeness (QED) is 0.633. The van der Waals surface area contributed by atoms with Gasteiger partial charge in [0.1, 0.15) is 0 Å².